The highest BCUT2D eigenvalue weighted by atomic mass is 32.2. The maximum Gasteiger partial charge on any atom is 0.411 e. The maximum absolute atomic E-state index is 12.9. The van der Waals surface area contributed by atoms with Crippen LogP contribution in [0.25, 0.3) is 0 Å². The van der Waals surface area contributed by atoms with Gasteiger partial charge in [0.1, 0.15) is 0 Å². The smallest absolute Gasteiger partial charge is 0.411 e. The molecule has 0 radical (unpaired) electrons. The number of carbonyl (C=O) groups excluding carboxylic acids is 2. The van der Waals surface area contributed by atoms with Crippen molar-refractivity contribution in [1.82, 2.24) is 5.32 Å². The molecule has 1 aliphatic carbocycles. The molecule has 2 N–H and O–H groups in total. The molecule has 0 bridgehead atoms. The number of ether oxygens (including phenoxy) is 2. The Kier molecular flexibility index (Phi) is 5.71. The quantitative estimate of drug-likeness (QED) is 0.708. The minimum Gasteiger partial charge on any atom is -0.466 e. The molecule has 0 unspecified atom stereocenters. The topological polar surface area (TPSA) is 111 Å². The lowest BCUT2D eigenvalue weighted by Gasteiger charge is -2.22. The van der Waals surface area contributed by atoms with Gasteiger partial charge >= 0.3 is 12.1 Å². The summed E-state index contributed by atoms with van der Waals surface area (Å²) in [6.07, 6.45) is 1.19. The van der Waals surface area contributed by atoms with Crippen LogP contribution in [0.2, 0.25) is 0 Å². The van der Waals surface area contributed by atoms with Gasteiger partial charge in [0.2, 0.25) is 0 Å². The fourth-order valence-electron chi connectivity index (χ4n) is 3.39. The lowest BCUT2D eigenvalue weighted by atomic mass is 9.94. The van der Waals surface area contributed by atoms with Gasteiger partial charge in [-0.25, -0.2) is 13.2 Å². The Labute approximate surface area is 158 Å². The largest absolute Gasteiger partial charge is 0.466 e. The van der Waals surface area contributed by atoms with E-state index in [0.717, 1.165) is 0 Å². The fraction of sp³-hybridized carbons (Fsp3) is 0.556. The van der Waals surface area contributed by atoms with Crippen LogP contribution in [0, 0.1) is 5.92 Å². The summed E-state index contributed by atoms with van der Waals surface area (Å²) in [6.45, 7) is 2.57. The summed E-state index contributed by atoms with van der Waals surface area (Å²) >= 11 is 0. The van der Waals surface area contributed by atoms with Crippen molar-refractivity contribution in [3.05, 3.63) is 23.8 Å². The summed E-state index contributed by atoms with van der Waals surface area (Å²) in [7, 11) is -2.23. The number of hydrogen-bond acceptors (Lipinski definition) is 7. The summed E-state index contributed by atoms with van der Waals surface area (Å²) in [5.41, 5.74) is 0.884. The Bertz CT molecular complexity index is 834. The van der Waals surface area contributed by atoms with Crippen LogP contribution in [0.5, 0.6) is 0 Å². The molecule has 1 aliphatic heterocycles. The molecular weight excluding hydrogens is 372 g/mol. The van der Waals surface area contributed by atoms with Gasteiger partial charge in [0.15, 0.2) is 9.84 Å². The summed E-state index contributed by atoms with van der Waals surface area (Å²) in [6, 6.07) is 4.13. The second-order valence-corrected chi connectivity index (χ2v) is 8.89. The molecule has 1 amide bonds. The van der Waals surface area contributed by atoms with E-state index in [4.69, 9.17) is 4.74 Å². The zero-order chi connectivity index (χ0) is 19.6. The molecule has 9 heteroatoms. The van der Waals surface area contributed by atoms with Gasteiger partial charge in [0, 0.05) is 11.7 Å². The summed E-state index contributed by atoms with van der Waals surface area (Å²) < 4.78 is 35.6. The van der Waals surface area contributed by atoms with Crippen LogP contribution in [-0.2, 0) is 24.1 Å². The Morgan fingerprint density at radius 3 is 2.63 bits per heavy atom. The molecule has 1 saturated carbocycles. The van der Waals surface area contributed by atoms with Gasteiger partial charge in [-0.15, -0.1) is 0 Å². The lowest BCUT2D eigenvalue weighted by Crippen LogP contribution is -2.27. The van der Waals surface area contributed by atoms with E-state index in [1.165, 1.54) is 19.2 Å². The molecule has 0 spiro atoms. The minimum atomic E-state index is -3.48. The molecular formula is C18H24N2O6S. The van der Waals surface area contributed by atoms with E-state index in [2.05, 4.69) is 15.4 Å². The fourth-order valence-corrected chi connectivity index (χ4v) is 5.28. The zero-order valence-corrected chi connectivity index (χ0v) is 16.2. The third-order valence-corrected chi connectivity index (χ3v) is 7.19. The number of anilines is 1. The Morgan fingerprint density at radius 1 is 1.26 bits per heavy atom. The number of esters is 1. The molecule has 8 nitrogen and oxygen atoms in total. The van der Waals surface area contributed by atoms with Crippen LogP contribution in [0.3, 0.4) is 0 Å². The molecule has 148 valence electrons. The Morgan fingerprint density at radius 2 is 2.00 bits per heavy atom. The first kappa shape index (κ1) is 19.6. The number of benzene rings is 1. The average Bonchev–Trinajstić information content (AvgIpc) is 3.39. The molecule has 3 rings (SSSR count). The number of hydrogen-bond donors (Lipinski definition) is 2. The molecule has 2 atom stereocenters. The van der Waals surface area contributed by atoms with Crippen molar-refractivity contribution in [2.75, 3.05) is 25.6 Å². The van der Waals surface area contributed by atoms with Gasteiger partial charge in [0.25, 0.3) is 0 Å². The predicted molar refractivity (Wildman–Crippen MR) is 98.2 cm³/mol. The second kappa shape index (κ2) is 7.85. The molecule has 0 aromatic heterocycles. The van der Waals surface area contributed by atoms with Crippen molar-refractivity contribution in [3.63, 3.8) is 0 Å². The highest BCUT2D eigenvalue weighted by Crippen LogP contribution is 2.40. The third kappa shape index (κ3) is 4.08. The Balaban J connectivity index is 2.02. The van der Waals surface area contributed by atoms with Crippen LogP contribution < -0.4 is 10.6 Å². The van der Waals surface area contributed by atoms with Gasteiger partial charge in [-0.3, -0.25) is 10.1 Å². The van der Waals surface area contributed by atoms with E-state index in [0.29, 0.717) is 37.1 Å². The highest BCUT2D eigenvalue weighted by molar-refractivity contribution is 7.92. The SMILES string of the molecule is CCOC(=O)[C@@H]1CCN[C@H]1c1cc(NC(=O)OC)ccc1S(=O)(=O)C1CC1. The van der Waals surface area contributed by atoms with Crippen LogP contribution >= 0.6 is 0 Å². The van der Waals surface area contributed by atoms with E-state index < -0.39 is 27.9 Å². The number of sulfone groups is 1. The number of methoxy groups -OCH3 is 1. The van der Waals surface area contributed by atoms with E-state index in [1.807, 2.05) is 0 Å². The predicted octanol–water partition coefficient (Wildman–Crippen LogP) is 2.01. The van der Waals surface area contributed by atoms with Gasteiger partial charge in [0.05, 0.1) is 29.8 Å². The van der Waals surface area contributed by atoms with Gasteiger partial charge in [-0.2, -0.15) is 0 Å². The van der Waals surface area contributed by atoms with E-state index >= 15 is 0 Å². The second-order valence-electron chi connectivity index (χ2n) is 6.69. The molecule has 1 aromatic rings. The maximum atomic E-state index is 12.9. The first-order valence-corrected chi connectivity index (χ1v) is 10.6. The normalized spacial score (nSPS) is 22.3. The molecule has 1 saturated heterocycles. The minimum absolute atomic E-state index is 0.203. The summed E-state index contributed by atoms with van der Waals surface area (Å²) in [5, 5.41) is 5.39. The monoisotopic (exact) mass is 396 g/mol. The summed E-state index contributed by atoms with van der Waals surface area (Å²) in [4.78, 5) is 24.1. The van der Waals surface area contributed by atoms with Crippen molar-refractivity contribution < 1.29 is 27.5 Å². The number of rotatable bonds is 6. The van der Waals surface area contributed by atoms with Crippen LogP contribution in [0.1, 0.15) is 37.8 Å². The van der Waals surface area contributed by atoms with Crippen molar-refractivity contribution in [3.8, 4) is 0 Å². The Hall–Kier alpha value is -2.13. The molecule has 27 heavy (non-hydrogen) atoms. The molecule has 1 aromatic carbocycles. The third-order valence-electron chi connectivity index (χ3n) is 4.86. The highest BCUT2D eigenvalue weighted by Gasteiger charge is 2.42. The molecule has 2 fully saturated rings. The van der Waals surface area contributed by atoms with Crippen molar-refractivity contribution in [1.29, 1.82) is 0 Å². The first-order chi connectivity index (χ1) is 12.9. The number of nitrogens with one attached hydrogen (secondary N) is 2. The molecule has 1 heterocycles. The van der Waals surface area contributed by atoms with E-state index in [-0.39, 0.29) is 22.7 Å². The van der Waals surface area contributed by atoms with Gasteiger partial charge in [-0.05, 0) is 56.5 Å². The van der Waals surface area contributed by atoms with Crippen molar-refractivity contribution in [2.45, 2.75) is 42.4 Å². The first-order valence-electron chi connectivity index (χ1n) is 9.01. The summed E-state index contributed by atoms with van der Waals surface area (Å²) in [5.74, 6) is -0.833. The number of carbonyl (C=O) groups is 2. The van der Waals surface area contributed by atoms with Crippen LogP contribution in [-0.4, -0.2) is 46.0 Å². The molecule has 2 aliphatic rings. The number of amides is 1. The van der Waals surface area contributed by atoms with E-state index in [9.17, 15) is 18.0 Å². The van der Waals surface area contributed by atoms with Crippen molar-refractivity contribution >= 4 is 27.6 Å². The van der Waals surface area contributed by atoms with Crippen molar-refractivity contribution in [2.24, 2.45) is 5.92 Å². The average molecular weight is 396 g/mol. The van der Waals surface area contributed by atoms with Gasteiger partial charge < -0.3 is 14.8 Å². The van der Waals surface area contributed by atoms with Gasteiger partial charge in [-0.1, -0.05) is 0 Å². The standard InChI is InChI=1S/C18H24N2O6S/c1-3-26-17(21)13-8-9-19-16(13)14-10-11(20-18(22)25-2)4-7-15(14)27(23,24)12-5-6-12/h4,7,10,12-13,16,19H,3,5-6,8-9H2,1-2H3,(H,20,22)/t13-,16-/m1/s1. The van der Waals surface area contributed by atoms with Crippen LogP contribution in [0.4, 0.5) is 10.5 Å². The zero-order valence-electron chi connectivity index (χ0n) is 15.4. The lowest BCUT2D eigenvalue weighted by molar-refractivity contribution is -0.148. The van der Waals surface area contributed by atoms with Crippen LogP contribution in [0.15, 0.2) is 23.1 Å². The van der Waals surface area contributed by atoms with E-state index in [1.54, 1.807) is 13.0 Å².